The Kier molecular flexibility index (Phi) is 5.64. The molecule has 0 aromatic carbocycles. The summed E-state index contributed by atoms with van der Waals surface area (Å²) in [6.45, 7) is 4.54. The number of fused-ring (bicyclic) bond motifs is 1. The number of nitrogens with zero attached hydrogens (tertiary/aromatic N) is 3. The fraction of sp³-hybridized carbons (Fsp3) is 0.476. The maximum Gasteiger partial charge on any atom is 0.252 e. The standard InChI is InChI=1S/C21H26N4O4S/c1-3-4-5-9-22-21(26)16-12-17(18-7-6-10-29-18)23-20-19(16)14(2)24-25(20)15-8-11-30(27,28)13-15/h6-7,10,12,15H,3-5,8-9,11,13H2,1-2H3,(H,22,26). The van der Waals surface area contributed by atoms with Gasteiger partial charge in [0.1, 0.15) is 5.69 Å². The van der Waals surface area contributed by atoms with Crippen LogP contribution in [0.1, 0.15) is 54.7 Å². The Bertz CT molecular complexity index is 1170. The SMILES string of the molecule is CCCCCNC(=O)c1cc(-c2ccco2)nc2c1c(C)nn2C1CCS(=O)(=O)C1. The van der Waals surface area contributed by atoms with Crippen molar-refractivity contribution in [2.24, 2.45) is 0 Å². The molecule has 3 aromatic rings. The molecule has 9 heteroatoms. The van der Waals surface area contributed by atoms with Gasteiger partial charge in [0.15, 0.2) is 21.2 Å². The van der Waals surface area contributed by atoms with E-state index < -0.39 is 9.84 Å². The number of sulfone groups is 1. The van der Waals surface area contributed by atoms with Gasteiger partial charge in [-0.25, -0.2) is 18.1 Å². The van der Waals surface area contributed by atoms with Crippen LogP contribution in [0.2, 0.25) is 0 Å². The minimum atomic E-state index is -3.09. The zero-order valence-electron chi connectivity index (χ0n) is 17.2. The molecule has 0 radical (unpaired) electrons. The number of hydrogen-bond donors (Lipinski definition) is 1. The third-order valence-electron chi connectivity index (χ3n) is 5.48. The summed E-state index contributed by atoms with van der Waals surface area (Å²) in [5.74, 6) is 0.532. The third kappa shape index (κ3) is 3.98. The van der Waals surface area contributed by atoms with Gasteiger partial charge in [0.2, 0.25) is 0 Å². The molecule has 1 N–H and O–H groups in total. The molecule has 0 bridgehead atoms. The number of unbranched alkanes of at least 4 members (excludes halogenated alkanes) is 2. The van der Waals surface area contributed by atoms with Crippen molar-refractivity contribution in [2.75, 3.05) is 18.1 Å². The summed E-state index contributed by atoms with van der Waals surface area (Å²) in [5, 5.41) is 8.23. The van der Waals surface area contributed by atoms with Crippen molar-refractivity contribution in [1.82, 2.24) is 20.1 Å². The van der Waals surface area contributed by atoms with Crippen LogP contribution in [0.25, 0.3) is 22.5 Å². The van der Waals surface area contributed by atoms with Crippen molar-refractivity contribution >= 4 is 26.8 Å². The van der Waals surface area contributed by atoms with Gasteiger partial charge < -0.3 is 9.73 Å². The molecule has 4 rings (SSSR count). The van der Waals surface area contributed by atoms with Crippen molar-refractivity contribution in [3.8, 4) is 11.5 Å². The highest BCUT2D eigenvalue weighted by Crippen LogP contribution is 2.32. The zero-order valence-corrected chi connectivity index (χ0v) is 18.0. The van der Waals surface area contributed by atoms with E-state index in [1.807, 2.05) is 6.92 Å². The Balaban J connectivity index is 1.80. The molecular weight excluding hydrogens is 404 g/mol. The fourth-order valence-corrected chi connectivity index (χ4v) is 5.63. The minimum Gasteiger partial charge on any atom is -0.463 e. The van der Waals surface area contributed by atoms with Crippen molar-refractivity contribution in [3.05, 3.63) is 35.7 Å². The molecule has 160 valence electrons. The molecule has 4 heterocycles. The van der Waals surface area contributed by atoms with Gasteiger partial charge >= 0.3 is 0 Å². The van der Waals surface area contributed by atoms with Crippen LogP contribution in [-0.2, 0) is 9.84 Å². The molecule has 30 heavy (non-hydrogen) atoms. The first-order valence-electron chi connectivity index (χ1n) is 10.3. The molecule has 1 atom stereocenters. The van der Waals surface area contributed by atoms with E-state index in [9.17, 15) is 13.2 Å². The van der Waals surface area contributed by atoms with E-state index in [1.54, 1.807) is 29.1 Å². The zero-order chi connectivity index (χ0) is 21.3. The quantitative estimate of drug-likeness (QED) is 0.577. The second-order valence-corrected chi connectivity index (χ2v) is 10.0. The van der Waals surface area contributed by atoms with Gasteiger partial charge in [0.25, 0.3) is 5.91 Å². The van der Waals surface area contributed by atoms with Crippen molar-refractivity contribution < 1.29 is 17.6 Å². The smallest absolute Gasteiger partial charge is 0.252 e. The lowest BCUT2D eigenvalue weighted by molar-refractivity contribution is 0.0954. The van der Waals surface area contributed by atoms with Gasteiger partial charge in [-0.2, -0.15) is 5.10 Å². The van der Waals surface area contributed by atoms with Crippen molar-refractivity contribution in [3.63, 3.8) is 0 Å². The van der Waals surface area contributed by atoms with Crippen molar-refractivity contribution in [2.45, 2.75) is 45.6 Å². The van der Waals surface area contributed by atoms with Crippen LogP contribution in [0.5, 0.6) is 0 Å². The molecule has 1 aliphatic rings. The summed E-state index contributed by atoms with van der Waals surface area (Å²) in [5.41, 5.74) is 2.18. The Morgan fingerprint density at radius 2 is 2.20 bits per heavy atom. The van der Waals surface area contributed by atoms with E-state index in [4.69, 9.17) is 9.40 Å². The number of pyridine rings is 1. The highest BCUT2D eigenvalue weighted by Gasteiger charge is 2.32. The lowest BCUT2D eigenvalue weighted by Crippen LogP contribution is -2.25. The van der Waals surface area contributed by atoms with Crippen LogP contribution >= 0.6 is 0 Å². The van der Waals surface area contributed by atoms with E-state index in [2.05, 4.69) is 17.3 Å². The summed E-state index contributed by atoms with van der Waals surface area (Å²) in [7, 11) is -3.09. The monoisotopic (exact) mass is 430 g/mol. The van der Waals surface area contributed by atoms with Gasteiger partial charge in [-0.15, -0.1) is 0 Å². The lowest BCUT2D eigenvalue weighted by atomic mass is 10.1. The van der Waals surface area contributed by atoms with E-state index >= 15 is 0 Å². The molecular formula is C21H26N4O4S. The average molecular weight is 431 g/mol. The first kappa shape index (κ1) is 20.6. The Morgan fingerprint density at radius 3 is 2.87 bits per heavy atom. The van der Waals surface area contributed by atoms with Crippen LogP contribution < -0.4 is 5.32 Å². The predicted octanol–water partition coefficient (Wildman–Crippen LogP) is 3.28. The summed E-state index contributed by atoms with van der Waals surface area (Å²) in [4.78, 5) is 17.7. The number of hydrogen-bond acceptors (Lipinski definition) is 6. The number of aryl methyl sites for hydroxylation is 1. The van der Waals surface area contributed by atoms with Gasteiger partial charge in [-0.1, -0.05) is 19.8 Å². The maximum atomic E-state index is 13.0. The topological polar surface area (TPSA) is 107 Å². The van der Waals surface area contributed by atoms with Gasteiger partial charge in [0, 0.05) is 6.54 Å². The van der Waals surface area contributed by atoms with E-state index in [-0.39, 0.29) is 23.5 Å². The number of furan rings is 1. The summed E-state index contributed by atoms with van der Waals surface area (Å²) < 4.78 is 31.2. The van der Waals surface area contributed by atoms with E-state index in [0.29, 0.717) is 46.7 Å². The first-order valence-corrected chi connectivity index (χ1v) is 12.1. The van der Waals surface area contributed by atoms with E-state index in [1.165, 1.54) is 0 Å². The highest BCUT2D eigenvalue weighted by molar-refractivity contribution is 7.91. The van der Waals surface area contributed by atoms with Gasteiger partial charge in [-0.05, 0) is 38.0 Å². The van der Waals surface area contributed by atoms with E-state index in [0.717, 1.165) is 19.3 Å². The minimum absolute atomic E-state index is 0.0361. The van der Waals surface area contributed by atoms with Gasteiger partial charge in [0.05, 0.1) is 40.5 Å². The molecule has 8 nitrogen and oxygen atoms in total. The molecule has 1 amide bonds. The largest absolute Gasteiger partial charge is 0.463 e. The number of amides is 1. The second kappa shape index (κ2) is 8.22. The number of nitrogens with one attached hydrogen (secondary N) is 1. The molecule has 0 spiro atoms. The number of aromatic nitrogens is 3. The first-order chi connectivity index (χ1) is 14.4. The molecule has 0 aliphatic carbocycles. The Morgan fingerprint density at radius 1 is 1.37 bits per heavy atom. The molecule has 1 aliphatic heterocycles. The molecule has 0 saturated carbocycles. The number of carbonyl (C=O) groups is 1. The van der Waals surface area contributed by atoms with Crippen molar-refractivity contribution in [1.29, 1.82) is 0 Å². The lowest BCUT2D eigenvalue weighted by Gasteiger charge is -2.11. The Labute approximate surface area is 175 Å². The van der Waals surface area contributed by atoms with Crippen LogP contribution in [0.15, 0.2) is 28.9 Å². The maximum absolute atomic E-state index is 13.0. The van der Waals surface area contributed by atoms with Crippen LogP contribution in [0.4, 0.5) is 0 Å². The normalized spacial score (nSPS) is 18.1. The summed E-state index contributed by atoms with van der Waals surface area (Å²) in [6.07, 6.45) is 5.09. The van der Waals surface area contributed by atoms with Crippen LogP contribution in [0, 0.1) is 6.92 Å². The van der Waals surface area contributed by atoms with Gasteiger partial charge in [-0.3, -0.25) is 4.79 Å². The second-order valence-electron chi connectivity index (χ2n) is 7.78. The molecule has 1 fully saturated rings. The number of rotatable bonds is 7. The highest BCUT2D eigenvalue weighted by atomic mass is 32.2. The van der Waals surface area contributed by atoms with Crippen LogP contribution in [-0.4, -0.2) is 47.1 Å². The average Bonchev–Trinajstić information content (AvgIpc) is 3.44. The predicted molar refractivity (Wildman–Crippen MR) is 114 cm³/mol. The molecule has 1 saturated heterocycles. The molecule has 1 unspecified atom stereocenters. The Hall–Kier alpha value is -2.68. The third-order valence-corrected chi connectivity index (χ3v) is 7.23. The fourth-order valence-electron chi connectivity index (χ4n) is 3.94. The molecule has 3 aromatic heterocycles. The summed E-state index contributed by atoms with van der Waals surface area (Å²) >= 11 is 0. The summed E-state index contributed by atoms with van der Waals surface area (Å²) in [6, 6.07) is 4.98. The van der Waals surface area contributed by atoms with Crippen LogP contribution in [0.3, 0.4) is 0 Å². The number of carbonyl (C=O) groups excluding carboxylic acids is 1.